The molecule has 2 aliphatic rings. The normalized spacial score (nSPS) is 28.0. The van der Waals surface area contributed by atoms with Crippen LogP contribution in [0.15, 0.2) is 52.2 Å². The molecule has 1 aromatic heterocycles. The van der Waals surface area contributed by atoms with Gasteiger partial charge < -0.3 is 23.8 Å². The zero-order chi connectivity index (χ0) is 25.9. The number of aliphatic hydroxyl groups excluding tert-OH is 1. The largest absolute Gasteiger partial charge is 0.469 e. The maximum atomic E-state index is 13.7. The van der Waals surface area contributed by atoms with Crippen molar-refractivity contribution in [2.75, 3.05) is 26.5 Å². The highest BCUT2D eigenvalue weighted by Crippen LogP contribution is 2.52. The van der Waals surface area contributed by atoms with Crippen LogP contribution in [0.3, 0.4) is 0 Å². The summed E-state index contributed by atoms with van der Waals surface area (Å²) in [7, 11) is -2.72. The second-order valence-electron chi connectivity index (χ2n) is 8.81. The van der Waals surface area contributed by atoms with Crippen molar-refractivity contribution in [1.82, 2.24) is 9.55 Å². The van der Waals surface area contributed by atoms with Gasteiger partial charge in [-0.3, -0.25) is 23.7 Å². The van der Waals surface area contributed by atoms with Gasteiger partial charge in [0.15, 0.2) is 6.23 Å². The Labute approximate surface area is 206 Å². The fourth-order valence-corrected chi connectivity index (χ4v) is 6.40. The number of nitrogens with one attached hydrogen (secondary N) is 1. The molecule has 2 fully saturated rings. The van der Waals surface area contributed by atoms with Crippen molar-refractivity contribution in [3.05, 3.63) is 63.4 Å². The van der Waals surface area contributed by atoms with E-state index in [2.05, 4.69) is 4.98 Å². The van der Waals surface area contributed by atoms with Gasteiger partial charge in [0.25, 0.3) is 5.56 Å². The van der Waals surface area contributed by atoms with E-state index in [4.69, 9.17) is 23.3 Å². The standard InChI is InChI=1S/C23H29N2O10P/c1-15(20(28)31-2)14-36(30,35-16-7-4-3-5-8-16)33-13-17-19(27)23(10-6-12-32-23)21(34-17)25-11-9-18(26)24-22(25)29/h3-5,7-9,11,15,17,19,21,27H,6,10,12-14H2,1-2H3,(H,24,26,29)/t15-,17?,19-,21?,23+,36?/m1/s1. The molecule has 2 N–H and O–H groups in total. The fourth-order valence-electron chi connectivity index (χ4n) is 4.53. The van der Waals surface area contributed by atoms with Gasteiger partial charge in [-0.2, -0.15) is 0 Å². The number of carbonyl (C=O) groups is 1. The van der Waals surface area contributed by atoms with Crippen molar-refractivity contribution < 1.29 is 37.7 Å². The minimum atomic E-state index is -3.94. The Morgan fingerprint density at radius 2 is 2.06 bits per heavy atom. The summed E-state index contributed by atoms with van der Waals surface area (Å²) in [4.78, 5) is 38.2. The van der Waals surface area contributed by atoms with Gasteiger partial charge in [-0.05, 0) is 25.0 Å². The lowest BCUT2D eigenvalue weighted by molar-refractivity contribution is -0.144. The molecule has 12 nitrogen and oxygen atoms in total. The van der Waals surface area contributed by atoms with Gasteiger partial charge in [-0.25, -0.2) is 9.36 Å². The molecule has 3 unspecified atom stereocenters. The zero-order valence-electron chi connectivity index (χ0n) is 19.9. The Kier molecular flexibility index (Phi) is 7.82. The molecule has 0 amide bonds. The molecule has 3 heterocycles. The Morgan fingerprint density at radius 1 is 1.31 bits per heavy atom. The van der Waals surface area contributed by atoms with Crippen LogP contribution in [-0.4, -0.2) is 64.9 Å². The lowest BCUT2D eigenvalue weighted by Crippen LogP contribution is -2.48. The monoisotopic (exact) mass is 524 g/mol. The van der Waals surface area contributed by atoms with E-state index in [1.807, 2.05) is 0 Å². The lowest BCUT2D eigenvalue weighted by atomic mass is 9.91. The number of aliphatic hydroxyl groups is 1. The summed E-state index contributed by atoms with van der Waals surface area (Å²) in [5.74, 6) is -1.10. The van der Waals surface area contributed by atoms with Crippen LogP contribution < -0.4 is 15.8 Å². The first kappa shape index (κ1) is 26.3. The van der Waals surface area contributed by atoms with Crippen molar-refractivity contribution in [3.63, 3.8) is 0 Å². The van der Waals surface area contributed by atoms with E-state index in [0.717, 1.165) is 4.57 Å². The molecule has 0 aliphatic carbocycles. The Bertz CT molecular complexity index is 1220. The number of nitrogens with zero attached hydrogens (tertiary/aromatic N) is 1. The Hall–Kier alpha value is -2.76. The molecule has 36 heavy (non-hydrogen) atoms. The summed E-state index contributed by atoms with van der Waals surface area (Å²) in [5.41, 5.74) is -2.56. The number of hydrogen-bond acceptors (Lipinski definition) is 10. The summed E-state index contributed by atoms with van der Waals surface area (Å²) in [6, 6.07) is 9.51. The van der Waals surface area contributed by atoms with Crippen LogP contribution in [0.1, 0.15) is 26.0 Å². The summed E-state index contributed by atoms with van der Waals surface area (Å²) in [6.07, 6.45) is -1.35. The minimum Gasteiger partial charge on any atom is -0.469 e. The summed E-state index contributed by atoms with van der Waals surface area (Å²) in [6.45, 7) is 1.50. The molecule has 196 valence electrons. The van der Waals surface area contributed by atoms with Gasteiger partial charge in [-0.1, -0.05) is 25.1 Å². The van der Waals surface area contributed by atoms with Crippen LogP contribution >= 0.6 is 7.60 Å². The van der Waals surface area contributed by atoms with E-state index < -0.39 is 54.8 Å². The third-order valence-corrected chi connectivity index (χ3v) is 8.31. The van der Waals surface area contributed by atoms with Gasteiger partial charge in [0, 0.05) is 18.9 Å². The summed E-state index contributed by atoms with van der Waals surface area (Å²) < 4.78 is 42.9. The third-order valence-electron chi connectivity index (χ3n) is 6.29. The van der Waals surface area contributed by atoms with E-state index in [9.17, 15) is 24.1 Å². The van der Waals surface area contributed by atoms with Crippen LogP contribution in [0.2, 0.25) is 0 Å². The third kappa shape index (κ3) is 5.33. The SMILES string of the molecule is COC(=O)[C@H](C)CP(=O)(OCC1OC(n2ccc(=O)[nH]c2=O)[C@]2(CCCO2)[C@@H]1O)Oc1ccccc1. The maximum absolute atomic E-state index is 13.7. The number of aromatic nitrogens is 2. The van der Waals surface area contributed by atoms with Gasteiger partial charge in [0.05, 0.1) is 25.8 Å². The molecular weight excluding hydrogens is 495 g/mol. The second-order valence-corrected chi connectivity index (χ2v) is 10.8. The number of hydrogen-bond donors (Lipinski definition) is 2. The molecular formula is C23H29N2O10P. The first-order valence-corrected chi connectivity index (χ1v) is 13.3. The van der Waals surface area contributed by atoms with E-state index in [1.54, 1.807) is 30.3 Å². The number of para-hydroxylation sites is 1. The van der Waals surface area contributed by atoms with E-state index in [0.29, 0.717) is 19.4 Å². The number of benzene rings is 1. The highest BCUT2D eigenvalue weighted by atomic mass is 31.2. The highest BCUT2D eigenvalue weighted by molar-refractivity contribution is 7.54. The number of H-pyrrole nitrogens is 1. The van der Waals surface area contributed by atoms with Crippen molar-refractivity contribution >= 4 is 13.6 Å². The second kappa shape index (κ2) is 10.7. The number of aromatic amines is 1. The average Bonchev–Trinajstić information content (AvgIpc) is 3.44. The van der Waals surface area contributed by atoms with Crippen molar-refractivity contribution in [2.45, 2.75) is 43.8 Å². The lowest BCUT2D eigenvalue weighted by Gasteiger charge is -2.32. The zero-order valence-corrected chi connectivity index (χ0v) is 20.8. The molecule has 0 radical (unpaired) electrons. The average molecular weight is 524 g/mol. The van der Waals surface area contributed by atoms with Gasteiger partial charge in [0.2, 0.25) is 0 Å². The first-order valence-electron chi connectivity index (χ1n) is 11.5. The Morgan fingerprint density at radius 3 is 2.69 bits per heavy atom. The molecule has 0 saturated carbocycles. The predicted molar refractivity (Wildman–Crippen MR) is 126 cm³/mol. The quantitative estimate of drug-likeness (QED) is 0.364. The fraction of sp³-hybridized carbons (Fsp3) is 0.522. The van der Waals surface area contributed by atoms with E-state index in [1.165, 1.54) is 26.3 Å². The molecule has 2 aliphatic heterocycles. The number of methoxy groups -OCH3 is 1. The van der Waals surface area contributed by atoms with E-state index in [-0.39, 0.29) is 18.5 Å². The topological polar surface area (TPSA) is 155 Å². The molecule has 2 saturated heterocycles. The highest BCUT2D eigenvalue weighted by Gasteiger charge is 2.60. The smallest absolute Gasteiger partial charge is 0.380 e. The summed E-state index contributed by atoms with van der Waals surface area (Å²) >= 11 is 0. The van der Waals surface area contributed by atoms with Crippen molar-refractivity contribution in [1.29, 1.82) is 0 Å². The molecule has 6 atom stereocenters. The van der Waals surface area contributed by atoms with Crippen molar-refractivity contribution in [3.8, 4) is 5.75 Å². The van der Waals surface area contributed by atoms with Crippen LogP contribution in [0.5, 0.6) is 5.75 Å². The molecule has 0 bridgehead atoms. The van der Waals surface area contributed by atoms with Gasteiger partial charge >= 0.3 is 19.3 Å². The summed E-state index contributed by atoms with van der Waals surface area (Å²) in [5, 5.41) is 11.2. The van der Waals surface area contributed by atoms with Crippen LogP contribution in [0.4, 0.5) is 0 Å². The number of esters is 1. The number of ether oxygens (including phenoxy) is 3. The minimum absolute atomic E-state index is 0.276. The molecule has 4 rings (SSSR count). The van der Waals surface area contributed by atoms with Gasteiger partial charge in [0.1, 0.15) is 23.6 Å². The van der Waals surface area contributed by atoms with Crippen LogP contribution in [0, 0.1) is 5.92 Å². The molecule has 2 aromatic rings. The van der Waals surface area contributed by atoms with Crippen molar-refractivity contribution in [2.24, 2.45) is 5.92 Å². The Balaban J connectivity index is 1.57. The van der Waals surface area contributed by atoms with Crippen LogP contribution in [-0.2, 0) is 28.1 Å². The number of rotatable bonds is 9. The molecule has 1 aromatic carbocycles. The van der Waals surface area contributed by atoms with Gasteiger partial charge in [-0.15, -0.1) is 0 Å². The van der Waals surface area contributed by atoms with Crippen LogP contribution in [0.25, 0.3) is 0 Å². The molecule has 13 heteroatoms. The van der Waals surface area contributed by atoms with E-state index >= 15 is 0 Å². The maximum Gasteiger partial charge on any atom is 0.380 e. The first-order chi connectivity index (χ1) is 17.2. The predicted octanol–water partition coefficient (Wildman–Crippen LogP) is 1.44. The number of carbonyl (C=O) groups excluding carboxylic acids is 1. The molecule has 1 spiro atoms.